The van der Waals surface area contributed by atoms with Gasteiger partial charge < -0.3 is 33.8 Å². The first kappa shape index (κ1) is 108. The molecule has 0 saturated heterocycles. The average molecular weight is 1610 g/mol. The molecule has 0 amide bonds. The van der Waals surface area contributed by atoms with Crippen molar-refractivity contribution in [3.8, 4) is 0 Å². The maximum Gasteiger partial charge on any atom is 0.472 e. The third kappa shape index (κ3) is 81.2. The predicted octanol–water partition coefficient (Wildman–Crippen LogP) is 28.0. The molecule has 4 unspecified atom stereocenters. The van der Waals surface area contributed by atoms with Gasteiger partial charge >= 0.3 is 39.5 Å². The molecule has 0 fully saturated rings. The zero-order valence-corrected chi connectivity index (χ0v) is 74.5. The molecular formula is C91H178O17P2. The largest absolute Gasteiger partial charge is 0.472 e. The monoisotopic (exact) mass is 1610 g/mol. The molecule has 17 nitrogen and oxygen atoms in total. The maximum absolute atomic E-state index is 13.2. The van der Waals surface area contributed by atoms with Crippen LogP contribution in [0.15, 0.2) is 0 Å². The molecule has 0 rings (SSSR count). The minimum Gasteiger partial charge on any atom is -0.462 e. The fraction of sp³-hybridized carbons (Fsp3) is 0.956. The van der Waals surface area contributed by atoms with Gasteiger partial charge in [-0.15, -0.1) is 0 Å². The summed E-state index contributed by atoms with van der Waals surface area (Å²) >= 11 is 0. The van der Waals surface area contributed by atoms with Crippen LogP contribution in [0.2, 0.25) is 0 Å². The quantitative estimate of drug-likeness (QED) is 0.0222. The van der Waals surface area contributed by atoms with Gasteiger partial charge in [-0.3, -0.25) is 37.3 Å². The summed E-state index contributed by atoms with van der Waals surface area (Å²) in [7, 11) is -9.93. The Morgan fingerprint density at radius 1 is 0.264 bits per heavy atom. The molecule has 0 bridgehead atoms. The lowest BCUT2D eigenvalue weighted by atomic mass is 9.99. The summed E-state index contributed by atoms with van der Waals surface area (Å²) < 4.78 is 69.0. The molecule has 0 aromatic rings. The number of hydrogen-bond donors (Lipinski definition) is 3. The van der Waals surface area contributed by atoms with E-state index in [-0.39, 0.29) is 25.7 Å². The van der Waals surface area contributed by atoms with E-state index in [1.165, 1.54) is 295 Å². The molecule has 0 radical (unpaired) electrons. The number of ether oxygens (including phenoxy) is 4. The highest BCUT2D eigenvalue weighted by molar-refractivity contribution is 7.47. The number of aliphatic hydroxyl groups excluding tert-OH is 1. The Hall–Kier alpha value is -1.94. The van der Waals surface area contributed by atoms with Crippen LogP contribution in [0, 0.1) is 17.8 Å². The van der Waals surface area contributed by atoms with Crippen molar-refractivity contribution in [1.29, 1.82) is 0 Å². The number of phosphoric acid groups is 2. The summed E-state index contributed by atoms with van der Waals surface area (Å²) in [6.07, 6.45) is 73.5. The molecule has 0 aromatic carbocycles. The van der Waals surface area contributed by atoms with Crippen molar-refractivity contribution in [3.63, 3.8) is 0 Å². The third-order valence-corrected chi connectivity index (χ3v) is 24.0. The predicted molar refractivity (Wildman–Crippen MR) is 455 cm³/mol. The molecule has 0 aliphatic carbocycles. The van der Waals surface area contributed by atoms with Gasteiger partial charge in [-0.1, -0.05) is 434 Å². The SMILES string of the molecule is CCCCCCCCCCCCCCC(=O)OC[C@H](COP(=O)(O)OC[C@H](O)COP(=O)(O)OC[C@@H](COC(=O)CCCCCCCCCCCCCCCCCCCCC(C)CC)OC(=O)CCCCCCCCCCCCCCCCCCCCC(C)CC)OC(=O)CCCCCCCCCCCCCC(C)C. The summed E-state index contributed by atoms with van der Waals surface area (Å²) in [4.78, 5) is 73.4. The number of esters is 4. The van der Waals surface area contributed by atoms with Gasteiger partial charge in [0.1, 0.15) is 19.3 Å². The maximum atomic E-state index is 13.2. The lowest BCUT2D eigenvalue weighted by Gasteiger charge is -2.21. The Balaban J connectivity index is 5.23. The average Bonchev–Trinajstić information content (AvgIpc) is 0.904. The third-order valence-electron chi connectivity index (χ3n) is 22.1. The van der Waals surface area contributed by atoms with E-state index in [0.717, 1.165) is 108 Å². The van der Waals surface area contributed by atoms with Gasteiger partial charge in [0.05, 0.1) is 26.4 Å². The number of carbonyl (C=O) groups excluding carboxylic acids is 4. The van der Waals surface area contributed by atoms with Crippen LogP contribution in [0.1, 0.15) is 485 Å². The van der Waals surface area contributed by atoms with Crippen LogP contribution in [-0.2, 0) is 65.4 Å². The molecule has 0 heterocycles. The first-order chi connectivity index (χ1) is 53.3. The number of phosphoric ester groups is 2. The highest BCUT2D eigenvalue weighted by atomic mass is 31.2. The van der Waals surface area contributed by atoms with E-state index < -0.39 is 97.5 Å². The number of unbranched alkanes of at least 4 members (excludes halogenated alkanes) is 55. The number of rotatable bonds is 89. The highest BCUT2D eigenvalue weighted by Crippen LogP contribution is 2.45. The summed E-state index contributed by atoms with van der Waals surface area (Å²) in [5.41, 5.74) is 0. The van der Waals surface area contributed by atoms with Crippen molar-refractivity contribution < 1.29 is 80.2 Å². The van der Waals surface area contributed by atoms with Gasteiger partial charge in [0.2, 0.25) is 0 Å². The van der Waals surface area contributed by atoms with Crippen molar-refractivity contribution in [2.45, 2.75) is 503 Å². The fourth-order valence-electron chi connectivity index (χ4n) is 14.2. The fourth-order valence-corrected chi connectivity index (χ4v) is 15.8. The number of hydrogen-bond acceptors (Lipinski definition) is 15. The molecule has 0 saturated carbocycles. The normalized spacial score (nSPS) is 14.3. The van der Waals surface area contributed by atoms with E-state index >= 15 is 0 Å². The van der Waals surface area contributed by atoms with Crippen molar-refractivity contribution in [3.05, 3.63) is 0 Å². The van der Waals surface area contributed by atoms with Crippen LogP contribution in [0.3, 0.4) is 0 Å². The lowest BCUT2D eigenvalue weighted by Crippen LogP contribution is -2.30. The molecule has 19 heteroatoms. The molecule has 7 atom stereocenters. The molecule has 0 aliphatic heterocycles. The molecular weight excluding hydrogens is 1430 g/mol. The van der Waals surface area contributed by atoms with Gasteiger partial charge in [-0.2, -0.15) is 0 Å². The zero-order valence-electron chi connectivity index (χ0n) is 72.7. The van der Waals surface area contributed by atoms with Crippen LogP contribution < -0.4 is 0 Å². The topological polar surface area (TPSA) is 237 Å². The summed E-state index contributed by atoms with van der Waals surface area (Å²) in [6.45, 7) is 12.1. The second-order valence-electron chi connectivity index (χ2n) is 33.7. The zero-order chi connectivity index (χ0) is 80.8. The van der Waals surface area contributed by atoms with Gasteiger partial charge in [-0.25, -0.2) is 9.13 Å². The van der Waals surface area contributed by atoms with Crippen molar-refractivity contribution in [2.24, 2.45) is 17.8 Å². The first-order valence-corrected chi connectivity index (χ1v) is 49.9. The molecule has 110 heavy (non-hydrogen) atoms. The smallest absolute Gasteiger partial charge is 0.462 e. The van der Waals surface area contributed by atoms with E-state index in [1.807, 2.05) is 0 Å². The van der Waals surface area contributed by atoms with E-state index in [9.17, 15) is 43.2 Å². The Morgan fingerprint density at radius 3 is 0.691 bits per heavy atom. The molecule has 3 N–H and O–H groups in total. The molecule has 0 spiro atoms. The van der Waals surface area contributed by atoms with Crippen LogP contribution in [0.4, 0.5) is 0 Å². The lowest BCUT2D eigenvalue weighted by molar-refractivity contribution is -0.161. The molecule has 0 aromatic heterocycles. The van der Waals surface area contributed by atoms with Gasteiger partial charge in [-0.05, 0) is 43.4 Å². The number of aliphatic hydroxyl groups is 1. The van der Waals surface area contributed by atoms with Crippen LogP contribution in [0.25, 0.3) is 0 Å². The Kier molecular flexibility index (Phi) is 79.4. The van der Waals surface area contributed by atoms with E-state index in [2.05, 4.69) is 48.5 Å². The number of carbonyl (C=O) groups is 4. The summed E-state index contributed by atoms with van der Waals surface area (Å²) in [5.74, 6) is 0.412. The van der Waals surface area contributed by atoms with Crippen molar-refractivity contribution in [1.82, 2.24) is 0 Å². The Labute approximate surface area is 677 Å². The summed E-state index contributed by atoms with van der Waals surface area (Å²) in [6, 6.07) is 0. The second-order valence-corrected chi connectivity index (χ2v) is 36.6. The first-order valence-electron chi connectivity index (χ1n) is 46.9. The Morgan fingerprint density at radius 2 is 0.464 bits per heavy atom. The van der Waals surface area contributed by atoms with Crippen molar-refractivity contribution >= 4 is 39.5 Å². The molecule has 0 aliphatic rings. The van der Waals surface area contributed by atoms with Crippen LogP contribution in [-0.4, -0.2) is 96.7 Å². The van der Waals surface area contributed by atoms with E-state index in [1.54, 1.807) is 0 Å². The molecule has 654 valence electrons. The van der Waals surface area contributed by atoms with E-state index in [0.29, 0.717) is 25.7 Å². The summed E-state index contributed by atoms with van der Waals surface area (Å²) in [5, 5.41) is 10.7. The van der Waals surface area contributed by atoms with Crippen LogP contribution >= 0.6 is 15.6 Å². The standard InChI is InChI=1S/C91H178O17P2/c1-8-11-12-13-14-15-16-37-44-51-58-65-72-88(93)101-78-87(108-91(96)75-68-61-54-47-40-33-34-41-48-55-62-69-82(4)5)81-106-110(99,100)104-77-85(92)76-103-109(97,98)105-80-86(107-90(95)74-67-60-53-46-39-32-28-24-20-18-22-26-30-36-43-50-57-64-71-84(7)10-3)79-102-89(94)73-66-59-52-45-38-31-27-23-19-17-21-25-29-35-42-49-56-63-70-83(6)9-2/h82-87,92H,8-81H2,1-7H3,(H,97,98)(H,99,100)/t83?,84?,85-,86-,87-/m1/s1. The minimum absolute atomic E-state index is 0.107. The van der Waals surface area contributed by atoms with Gasteiger partial charge in [0.25, 0.3) is 0 Å². The highest BCUT2D eigenvalue weighted by Gasteiger charge is 2.31. The van der Waals surface area contributed by atoms with Crippen molar-refractivity contribution in [2.75, 3.05) is 39.6 Å². The van der Waals surface area contributed by atoms with Gasteiger partial charge in [0, 0.05) is 25.7 Å². The van der Waals surface area contributed by atoms with Crippen LogP contribution in [0.5, 0.6) is 0 Å². The second kappa shape index (κ2) is 80.8. The Bertz CT molecular complexity index is 2120. The van der Waals surface area contributed by atoms with Gasteiger partial charge in [0.15, 0.2) is 12.2 Å². The van der Waals surface area contributed by atoms with E-state index in [4.69, 9.17) is 37.0 Å². The minimum atomic E-state index is -4.97.